The molecule has 0 radical (unpaired) electrons. The number of carbonyl (C=O) groups excluding carboxylic acids is 3. The van der Waals surface area contributed by atoms with Gasteiger partial charge in [-0.3, -0.25) is 9.59 Å². The zero-order valence-electron chi connectivity index (χ0n) is 20.4. The first-order valence-corrected chi connectivity index (χ1v) is 11.3. The molecule has 3 rings (SSSR count). The van der Waals surface area contributed by atoms with Crippen molar-refractivity contribution in [1.82, 2.24) is 0 Å². The molecule has 1 aliphatic carbocycles. The van der Waals surface area contributed by atoms with Gasteiger partial charge in [-0.2, -0.15) is 0 Å². The normalized spacial score (nSPS) is 32.9. The van der Waals surface area contributed by atoms with Crippen LogP contribution in [-0.2, 0) is 33.3 Å². The van der Waals surface area contributed by atoms with Crippen LogP contribution in [0.15, 0.2) is 34.3 Å². The lowest BCUT2D eigenvalue weighted by molar-refractivity contribution is -0.167. The van der Waals surface area contributed by atoms with Crippen LogP contribution in [0.2, 0.25) is 0 Å². The number of methoxy groups -OCH3 is 1. The molecule has 0 amide bonds. The lowest BCUT2D eigenvalue weighted by Gasteiger charge is -2.43. The van der Waals surface area contributed by atoms with Crippen LogP contribution >= 0.6 is 0 Å². The summed E-state index contributed by atoms with van der Waals surface area (Å²) >= 11 is 0. The summed E-state index contributed by atoms with van der Waals surface area (Å²) in [6.07, 6.45) is 1.80. The maximum Gasteiger partial charge on any atom is 0.374 e. The molecule has 1 saturated heterocycles. The number of carbonyl (C=O) groups is 3. The predicted octanol–water partition coefficient (Wildman–Crippen LogP) is 3.49. The quantitative estimate of drug-likeness (QED) is 0.386. The van der Waals surface area contributed by atoms with Gasteiger partial charge in [-0.15, -0.1) is 0 Å². The summed E-state index contributed by atoms with van der Waals surface area (Å²) in [5.74, 6) is -1.49. The van der Waals surface area contributed by atoms with Gasteiger partial charge in [0.2, 0.25) is 5.76 Å². The molecule has 1 N–H and O–H groups in total. The predicted molar refractivity (Wildman–Crippen MR) is 118 cm³/mol. The Labute approximate surface area is 194 Å². The van der Waals surface area contributed by atoms with E-state index >= 15 is 0 Å². The Morgan fingerprint density at radius 2 is 1.94 bits per heavy atom. The van der Waals surface area contributed by atoms with E-state index in [2.05, 4.69) is 0 Å². The van der Waals surface area contributed by atoms with Crippen LogP contribution in [-0.4, -0.2) is 47.4 Å². The molecule has 1 unspecified atom stereocenters. The second-order valence-corrected chi connectivity index (χ2v) is 9.76. The van der Waals surface area contributed by atoms with Crippen LogP contribution in [0.25, 0.3) is 0 Å². The van der Waals surface area contributed by atoms with Crippen molar-refractivity contribution in [2.45, 2.75) is 84.5 Å². The van der Waals surface area contributed by atoms with Gasteiger partial charge in [0.25, 0.3) is 0 Å². The second kappa shape index (κ2) is 8.97. The summed E-state index contributed by atoms with van der Waals surface area (Å²) in [5.41, 5.74) is -0.550. The molecule has 0 aromatic heterocycles. The molecule has 1 fully saturated rings. The van der Waals surface area contributed by atoms with Crippen molar-refractivity contribution >= 4 is 17.9 Å². The van der Waals surface area contributed by atoms with Crippen molar-refractivity contribution in [3.05, 3.63) is 34.3 Å². The third-order valence-corrected chi connectivity index (χ3v) is 6.93. The minimum atomic E-state index is -1.80. The average Bonchev–Trinajstić information content (AvgIpc) is 3.02. The number of esters is 3. The number of hydrogen-bond acceptors (Lipinski definition) is 8. The highest BCUT2D eigenvalue weighted by Gasteiger charge is 2.54. The summed E-state index contributed by atoms with van der Waals surface area (Å²) in [5, 5.41) is 11.6. The first-order chi connectivity index (χ1) is 15.3. The van der Waals surface area contributed by atoms with E-state index in [-0.39, 0.29) is 29.8 Å². The molecular weight excluding hydrogens is 428 g/mol. The van der Waals surface area contributed by atoms with Crippen molar-refractivity contribution in [2.24, 2.45) is 11.8 Å². The smallest absolute Gasteiger partial charge is 0.374 e. The molecule has 2 heterocycles. The standard InChI is InChI=1S/C25H34O8/c1-13(2)19-17-9-8-14(3)21(31-16(5)26)25(29)12-18(27)32-22(25)15(4)10-11-24(17,6)33-23(28)20(19)30-7/h8,13,17,21,29H,9-12H2,1-7H3/t17-,21?,24+,25+/m1/s1. The van der Waals surface area contributed by atoms with Gasteiger partial charge in [0.15, 0.2) is 11.7 Å². The lowest BCUT2D eigenvalue weighted by atomic mass is 9.72. The van der Waals surface area contributed by atoms with Gasteiger partial charge in [-0.25, -0.2) is 4.79 Å². The lowest BCUT2D eigenvalue weighted by Crippen LogP contribution is -2.46. The monoisotopic (exact) mass is 462 g/mol. The van der Waals surface area contributed by atoms with Gasteiger partial charge < -0.3 is 24.1 Å². The highest BCUT2D eigenvalue weighted by molar-refractivity contribution is 5.89. The number of rotatable bonds is 3. The molecule has 0 saturated carbocycles. The minimum absolute atomic E-state index is 0.0317. The van der Waals surface area contributed by atoms with Gasteiger partial charge in [-0.05, 0) is 62.7 Å². The zero-order valence-corrected chi connectivity index (χ0v) is 20.4. The van der Waals surface area contributed by atoms with E-state index in [1.165, 1.54) is 14.0 Å². The van der Waals surface area contributed by atoms with Crippen LogP contribution in [0, 0.1) is 11.8 Å². The molecule has 0 bridgehead atoms. The molecule has 2 aliphatic heterocycles. The van der Waals surface area contributed by atoms with E-state index < -0.39 is 35.2 Å². The van der Waals surface area contributed by atoms with Gasteiger partial charge in [0, 0.05) is 12.8 Å². The highest BCUT2D eigenvalue weighted by atomic mass is 16.6. The van der Waals surface area contributed by atoms with E-state index in [9.17, 15) is 19.5 Å². The van der Waals surface area contributed by atoms with Crippen LogP contribution in [0.4, 0.5) is 0 Å². The first-order valence-electron chi connectivity index (χ1n) is 11.3. The van der Waals surface area contributed by atoms with E-state index in [1.807, 2.05) is 26.8 Å². The Kier molecular flexibility index (Phi) is 6.80. The number of hydrogen-bond donors (Lipinski definition) is 1. The summed E-state index contributed by atoms with van der Waals surface area (Å²) in [7, 11) is 1.46. The Morgan fingerprint density at radius 3 is 2.52 bits per heavy atom. The maximum atomic E-state index is 12.8. The van der Waals surface area contributed by atoms with Gasteiger partial charge >= 0.3 is 17.9 Å². The summed E-state index contributed by atoms with van der Waals surface area (Å²) in [4.78, 5) is 37.0. The summed E-state index contributed by atoms with van der Waals surface area (Å²) < 4.78 is 22.4. The maximum absolute atomic E-state index is 12.8. The molecule has 8 heteroatoms. The Bertz CT molecular complexity index is 955. The Hall–Kier alpha value is -2.61. The van der Waals surface area contributed by atoms with Crippen LogP contribution in [0.5, 0.6) is 0 Å². The molecule has 182 valence electrons. The van der Waals surface area contributed by atoms with Gasteiger partial charge in [-0.1, -0.05) is 19.9 Å². The minimum Gasteiger partial charge on any atom is -0.490 e. The number of fused-ring (bicyclic) bond motifs is 2. The van der Waals surface area contributed by atoms with Crippen LogP contribution in [0.1, 0.15) is 67.2 Å². The fourth-order valence-electron chi connectivity index (χ4n) is 5.30. The molecule has 0 aromatic rings. The fourth-order valence-corrected chi connectivity index (χ4v) is 5.30. The molecule has 4 atom stereocenters. The third kappa shape index (κ3) is 4.45. The Morgan fingerprint density at radius 1 is 1.27 bits per heavy atom. The zero-order chi connectivity index (χ0) is 24.7. The van der Waals surface area contributed by atoms with Crippen molar-refractivity contribution in [3.63, 3.8) is 0 Å². The number of ether oxygens (including phenoxy) is 4. The van der Waals surface area contributed by atoms with Crippen molar-refractivity contribution in [3.8, 4) is 0 Å². The van der Waals surface area contributed by atoms with Crippen molar-refractivity contribution < 1.29 is 38.4 Å². The average molecular weight is 463 g/mol. The molecule has 0 spiro atoms. The third-order valence-electron chi connectivity index (χ3n) is 6.93. The van der Waals surface area contributed by atoms with E-state index in [4.69, 9.17) is 18.9 Å². The van der Waals surface area contributed by atoms with Crippen molar-refractivity contribution in [1.29, 1.82) is 0 Å². The summed E-state index contributed by atoms with van der Waals surface area (Å²) in [6.45, 7) is 10.7. The molecule has 8 nitrogen and oxygen atoms in total. The number of allylic oxidation sites excluding steroid dienone is 2. The molecule has 3 aliphatic rings. The van der Waals surface area contributed by atoms with Crippen molar-refractivity contribution in [2.75, 3.05) is 7.11 Å². The highest BCUT2D eigenvalue weighted by Crippen LogP contribution is 2.47. The van der Waals surface area contributed by atoms with Gasteiger partial charge in [0.1, 0.15) is 11.4 Å². The number of aliphatic hydroxyl groups is 1. The van der Waals surface area contributed by atoms with E-state index in [0.717, 1.165) is 5.57 Å². The molecule has 33 heavy (non-hydrogen) atoms. The van der Waals surface area contributed by atoms with E-state index in [1.54, 1.807) is 13.8 Å². The first kappa shape index (κ1) is 25.0. The topological polar surface area (TPSA) is 108 Å². The van der Waals surface area contributed by atoms with E-state index in [0.29, 0.717) is 30.4 Å². The molecular formula is C25H34O8. The van der Waals surface area contributed by atoms with Gasteiger partial charge in [0.05, 0.1) is 13.5 Å². The largest absolute Gasteiger partial charge is 0.490 e. The van der Waals surface area contributed by atoms with Crippen LogP contribution in [0.3, 0.4) is 0 Å². The SMILES string of the molecule is COC1=C(C(C)C)[C@H]2CC=C(C)C(OC(C)=O)[C@@]3(O)CC(=O)OC3=C(C)CC[C@]2(C)OC1=O. The Balaban J connectivity index is 2.20. The summed E-state index contributed by atoms with van der Waals surface area (Å²) in [6, 6.07) is 0. The second-order valence-electron chi connectivity index (χ2n) is 9.76. The van der Waals surface area contributed by atoms with Crippen LogP contribution < -0.4 is 0 Å². The molecule has 0 aromatic carbocycles. The fraction of sp³-hybridized carbons (Fsp3) is 0.640.